The fourth-order valence-electron chi connectivity index (χ4n) is 6.57. The van der Waals surface area contributed by atoms with Gasteiger partial charge in [-0.25, -0.2) is 0 Å². The van der Waals surface area contributed by atoms with Gasteiger partial charge in [-0.2, -0.15) is 0 Å². The third-order valence-electron chi connectivity index (χ3n) is 7.82. The van der Waals surface area contributed by atoms with Crippen molar-refractivity contribution >= 4 is 53.4 Å². The van der Waals surface area contributed by atoms with Crippen molar-refractivity contribution < 1.29 is 4.74 Å². The molecule has 0 bridgehead atoms. The molecule has 0 atom stereocenters. The predicted octanol–water partition coefficient (Wildman–Crippen LogP) is 9.99. The number of benzene rings is 6. The molecule has 0 saturated carbocycles. The summed E-state index contributed by atoms with van der Waals surface area (Å²) < 4.78 is 8.68. The number of para-hydroxylation sites is 2. The van der Waals surface area contributed by atoms with Crippen LogP contribution in [0.1, 0.15) is 22.3 Å². The lowest BCUT2D eigenvalue weighted by atomic mass is 9.65. The lowest BCUT2D eigenvalue weighted by Crippen LogP contribution is -2.32. The van der Waals surface area contributed by atoms with E-state index in [4.69, 9.17) is 4.74 Å². The van der Waals surface area contributed by atoms with Gasteiger partial charge in [0.05, 0.1) is 5.41 Å². The fourth-order valence-corrected chi connectivity index (χ4v) is 7.29. The van der Waals surface area contributed by atoms with Gasteiger partial charge in [0.2, 0.25) is 0 Å². The minimum absolute atomic E-state index is 0.504. The van der Waals surface area contributed by atoms with Crippen molar-refractivity contribution in [3.05, 3.63) is 140 Å². The van der Waals surface area contributed by atoms with E-state index >= 15 is 0 Å². The van der Waals surface area contributed by atoms with Gasteiger partial charge < -0.3 is 4.74 Å². The van der Waals surface area contributed by atoms with Crippen molar-refractivity contribution in [2.75, 3.05) is 0 Å². The number of rotatable bonds is 0. The van der Waals surface area contributed by atoms with E-state index in [9.17, 15) is 0 Å². The highest BCUT2D eigenvalue weighted by Crippen LogP contribution is 2.65. The first-order chi connectivity index (χ1) is 17.7. The second-order valence-electron chi connectivity index (χ2n) is 9.52. The molecule has 0 saturated heterocycles. The molecule has 6 aromatic rings. The summed E-state index contributed by atoms with van der Waals surface area (Å²) in [6.07, 6.45) is 0. The van der Waals surface area contributed by atoms with E-state index in [1.165, 1.54) is 54.9 Å². The van der Waals surface area contributed by atoms with E-state index in [2.05, 4.69) is 141 Å². The van der Waals surface area contributed by atoms with Gasteiger partial charge in [-0.1, -0.05) is 105 Å². The van der Waals surface area contributed by atoms with Crippen LogP contribution in [0.3, 0.4) is 0 Å². The van der Waals surface area contributed by atoms with Crippen LogP contribution in [0, 0.1) is 0 Å². The van der Waals surface area contributed by atoms with Crippen molar-refractivity contribution in [1.29, 1.82) is 0 Å². The van der Waals surface area contributed by atoms with Crippen molar-refractivity contribution in [3.63, 3.8) is 0 Å². The highest BCUT2D eigenvalue weighted by molar-refractivity contribution is 9.10. The standard InChI is InChI=1S/C33H18Br2O/c34-19-13-15-23-25(17-19)21-7-1-2-8-22(21)31-24-16-14-20(35)18-28(24)33(32(23)31)26-9-3-5-11-29(26)36-30-12-6-4-10-27(30)33/h1-18H. The molecule has 0 N–H and O–H groups in total. The Balaban J connectivity index is 1.71. The van der Waals surface area contributed by atoms with E-state index in [1.807, 2.05) is 0 Å². The SMILES string of the molecule is Brc1ccc2c(c1)C1(c3ccccc3Oc3ccccc31)c1c-2c2ccccc2c2cc(Br)ccc12. The van der Waals surface area contributed by atoms with E-state index in [0.29, 0.717) is 0 Å². The predicted molar refractivity (Wildman–Crippen MR) is 154 cm³/mol. The molecule has 8 rings (SSSR count). The number of hydrogen-bond acceptors (Lipinski definition) is 1. The molecule has 170 valence electrons. The Morgan fingerprint density at radius 1 is 0.500 bits per heavy atom. The largest absolute Gasteiger partial charge is 0.457 e. The molecule has 2 aliphatic rings. The molecular formula is C33H18Br2O. The lowest BCUT2D eigenvalue weighted by Gasteiger charge is -2.40. The van der Waals surface area contributed by atoms with Crippen molar-refractivity contribution in [2.45, 2.75) is 5.41 Å². The Hall–Kier alpha value is -3.40. The van der Waals surface area contributed by atoms with Crippen molar-refractivity contribution in [1.82, 2.24) is 0 Å². The Kier molecular flexibility index (Phi) is 4.22. The average Bonchev–Trinajstić information content (AvgIpc) is 3.20. The van der Waals surface area contributed by atoms with Crippen LogP contribution in [0.5, 0.6) is 11.5 Å². The number of ether oxygens (including phenoxy) is 1. The monoisotopic (exact) mass is 588 g/mol. The zero-order valence-corrected chi connectivity index (χ0v) is 22.2. The highest BCUT2D eigenvalue weighted by atomic mass is 79.9. The molecule has 1 aliphatic carbocycles. The summed E-state index contributed by atoms with van der Waals surface area (Å²) in [7, 11) is 0. The second-order valence-corrected chi connectivity index (χ2v) is 11.4. The molecule has 0 unspecified atom stereocenters. The number of halogens is 2. The summed E-state index contributed by atoms with van der Waals surface area (Å²) in [6, 6.07) is 39.4. The van der Waals surface area contributed by atoms with Gasteiger partial charge in [0, 0.05) is 20.1 Å². The van der Waals surface area contributed by atoms with Gasteiger partial charge in [-0.3, -0.25) is 0 Å². The molecule has 3 heteroatoms. The Labute approximate surface area is 225 Å². The van der Waals surface area contributed by atoms with Crippen LogP contribution in [0.2, 0.25) is 0 Å². The Bertz CT molecular complexity index is 1860. The maximum absolute atomic E-state index is 6.52. The van der Waals surface area contributed by atoms with E-state index < -0.39 is 5.41 Å². The molecule has 0 radical (unpaired) electrons. The van der Waals surface area contributed by atoms with Crippen LogP contribution in [0.25, 0.3) is 32.7 Å². The van der Waals surface area contributed by atoms with Crippen LogP contribution in [-0.4, -0.2) is 0 Å². The zero-order chi connectivity index (χ0) is 24.0. The lowest BCUT2D eigenvalue weighted by molar-refractivity contribution is 0.437. The maximum atomic E-state index is 6.52. The molecule has 0 amide bonds. The topological polar surface area (TPSA) is 9.23 Å². The molecular weight excluding hydrogens is 572 g/mol. The molecule has 0 aromatic heterocycles. The molecule has 1 spiro atoms. The van der Waals surface area contributed by atoms with Crippen LogP contribution in [0.4, 0.5) is 0 Å². The molecule has 1 heterocycles. The normalized spacial score (nSPS) is 14.3. The third kappa shape index (κ3) is 2.50. The number of hydrogen-bond donors (Lipinski definition) is 0. The van der Waals surface area contributed by atoms with Gasteiger partial charge in [0.15, 0.2) is 0 Å². The summed E-state index contributed by atoms with van der Waals surface area (Å²) in [5.74, 6) is 1.82. The van der Waals surface area contributed by atoms with Gasteiger partial charge in [-0.05, 0) is 80.2 Å². The van der Waals surface area contributed by atoms with Gasteiger partial charge >= 0.3 is 0 Å². The second kappa shape index (κ2) is 7.32. The van der Waals surface area contributed by atoms with Crippen LogP contribution in [-0.2, 0) is 5.41 Å². The van der Waals surface area contributed by atoms with Gasteiger partial charge in [-0.15, -0.1) is 0 Å². The summed E-state index contributed by atoms with van der Waals surface area (Å²) in [6.45, 7) is 0. The third-order valence-corrected chi connectivity index (χ3v) is 8.81. The highest BCUT2D eigenvalue weighted by Gasteiger charge is 2.52. The van der Waals surface area contributed by atoms with Crippen molar-refractivity contribution in [2.24, 2.45) is 0 Å². The molecule has 0 fully saturated rings. The summed E-state index contributed by atoms with van der Waals surface area (Å²) in [4.78, 5) is 0. The number of fused-ring (bicyclic) bond motifs is 14. The maximum Gasteiger partial charge on any atom is 0.132 e. The minimum Gasteiger partial charge on any atom is -0.457 e. The van der Waals surface area contributed by atoms with Gasteiger partial charge in [0.25, 0.3) is 0 Å². The Morgan fingerprint density at radius 3 is 1.86 bits per heavy atom. The van der Waals surface area contributed by atoms with Gasteiger partial charge in [0.1, 0.15) is 11.5 Å². The quantitative estimate of drug-likeness (QED) is 0.160. The molecule has 36 heavy (non-hydrogen) atoms. The first kappa shape index (κ1) is 20.8. The summed E-state index contributed by atoms with van der Waals surface area (Å²) >= 11 is 7.56. The Morgan fingerprint density at radius 2 is 1.11 bits per heavy atom. The van der Waals surface area contributed by atoms with Crippen LogP contribution >= 0.6 is 31.9 Å². The zero-order valence-electron chi connectivity index (χ0n) is 19.1. The van der Waals surface area contributed by atoms with E-state index in [0.717, 1.165) is 20.4 Å². The smallest absolute Gasteiger partial charge is 0.132 e. The minimum atomic E-state index is -0.504. The van der Waals surface area contributed by atoms with Crippen LogP contribution in [0.15, 0.2) is 118 Å². The van der Waals surface area contributed by atoms with E-state index in [1.54, 1.807) is 0 Å². The molecule has 1 nitrogen and oxygen atoms in total. The summed E-state index contributed by atoms with van der Waals surface area (Å²) in [5, 5.41) is 5.07. The average molecular weight is 590 g/mol. The van der Waals surface area contributed by atoms with E-state index in [-0.39, 0.29) is 0 Å². The van der Waals surface area contributed by atoms with Crippen molar-refractivity contribution in [3.8, 4) is 22.6 Å². The summed E-state index contributed by atoms with van der Waals surface area (Å²) in [5.41, 5.74) is 7.07. The molecule has 1 aliphatic heterocycles. The molecule has 6 aromatic carbocycles. The first-order valence-corrected chi connectivity index (χ1v) is 13.6. The van der Waals surface area contributed by atoms with Crippen LogP contribution < -0.4 is 4.74 Å². The fraction of sp³-hybridized carbons (Fsp3) is 0.0303. The first-order valence-electron chi connectivity index (χ1n) is 12.0.